The van der Waals surface area contributed by atoms with Crippen molar-refractivity contribution in [2.45, 2.75) is 18.9 Å². The molecular weight excluding hydrogens is 448 g/mol. The maximum atomic E-state index is 12.6. The van der Waals surface area contributed by atoms with Crippen LogP contribution in [0, 0.1) is 0 Å². The van der Waals surface area contributed by atoms with Crippen molar-refractivity contribution in [1.82, 2.24) is 4.90 Å². The number of carbonyl (C=O) groups is 1. The Kier molecular flexibility index (Phi) is 7.72. The van der Waals surface area contributed by atoms with Crippen LogP contribution >= 0.6 is 0 Å². The second-order valence-corrected chi connectivity index (χ2v) is 8.49. The largest absolute Gasteiger partial charge is 0.502 e. The summed E-state index contributed by atoms with van der Waals surface area (Å²) in [7, 11) is 2.96. The van der Waals surface area contributed by atoms with Gasteiger partial charge in [-0.15, -0.1) is 0 Å². The van der Waals surface area contributed by atoms with Crippen LogP contribution in [-0.4, -0.2) is 56.4 Å². The maximum absolute atomic E-state index is 12.6. The van der Waals surface area contributed by atoms with Crippen LogP contribution in [0.3, 0.4) is 0 Å². The average Bonchev–Trinajstić information content (AvgIpc) is 2.90. The number of benzene rings is 2. The highest BCUT2D eigenvalue weighted by atomic mass is 16.5. The molecule has 1 aromatic heterocycles. The van der Waals surface area contributed by atoms with Crippen LogP contribution in [-0.2, 0) is 16.1 Å². The second-order valence-electron chi connectivity index (χ2n) is 8.49. The summed E-state index contributed by atoms with van der Waals surface area (Å²) in [6.45, 7) is 3.66. The first-order valence-electron chi connectivity index (χ1n) is 11.6. The Bertz CT molecular complexity index is 1180. The van der Waals surface area contributed by atoms with Crippen LogP contribution < -0.4 is 15.1 Å². The van der Waals surface area contributed by atoms with Gasteiger partial charge in [-0.1, -0.05) is 30.3 Å². The van der Waals surface area contributed by atoms with E-state index < -0.39 is 23.1 Å². The van der Waals surface area contributed by atoms with E-state index in [-0.39, 0.29) is 12.2 Å². The number of hydrogen-bond donors (Lipinski definition) is 1. The third-order valence-corrected chi connectivity index (χ3v) is 6.31. The molecule has 3 aromatic rings. The Morgan fingerprint density at radius 1 is 1.03 bits per heavy atom. The van der Waals surface area contributed by atoms with Gasteiger partial charge in [0.15, 0.2) is 5.76 Å². The molecule has 184 valence electrons. The SMILES string of the molecule is COC(=O)CC(c1ccccc1)c1oc(CN2CCN(c3ccc(OC)cc3)CC2)cc(=O)c1O. The van der Waals surface area contributed by atoms with Crippen LogP contribution in [0.25, 0.3) is 0 Å². The number of aromatic hydroxyl groups is 1. The van der Waals surface area contributed by atoms with E-state index in [1.54, 1.807) is 7.11 Å². The first-order valence-corrected chi connectivity index (χ1v) is 11.6. The number of carbonyl (C=O) groups excluding carboxylic acids is 1. The first kappa shape index (κ1) is 24.3. The van der Waals surface area contributed by atoms with Crippen molar-refractivity contribution < 1.29 is 23.8 Å². The molecule has 8 nitrogen and oxygen atoms in total. The van der Waals surface area contributed by atoms with Gasteiger partial charge >= 0.3 is 5.97 Å². The Labute approximate surface area is 204 Å². The molecule has 0 spiro atoms. The van der Waals surface area contributed by atoms with Crippen LogP contribution in [0.1, 0.15) is 29.4 Å². The number of ether oxygens (including phenoxy) is 2. The summed E-state index contributed by atoms with van der Waals surface area (Å²) in [5, 5.41) is 10.6. The molecule has 0 radical (unpaired) electrons. The van der Waals surface area contributed by atoms with Gasteiger partial charge in [0.25, 0.3) is 0 Å². The molecule has 1 aliphatic rings. The van der Waals surface area contributed by atoms with Gasteiger partial charge in [-0.05, 0) is 29.8 Å². The monoisotopic (exact) mass is 478 g/mol. The van der Waals surface area contributed by atoms with E-state index in [9.17, 15) is 14.7 Å². The van der Waals surface area contributed by atoms with Gasteiger partial charge < -0.3 is 23.9 Å². The number of methoxy groups -OCH3 is 2. The third-order valence-electron chi connectivity index (χ3n) is 6.31. The Morgan fingerprint density at radius 3 is 2.34 bits per heavy atom. The highest BCUT2D eigenvalue weighted by Crippen LogP contribution is 2.33. The minimum absolute atomic E-state index is 0.0546. The van der Waals surface area contributed by atoms with Crippen molar-refractivity contribution in [2.24, 2.45) is 0 Å². The van der Waals surface area contributed by atoms with Gasteiger partial charge in [0.05, 0.1) is 33.1 Å². The number of esters is 1. The maximum Gasteiger partial charge on any atom is 0.306 e. The van der Waals surface area contributed by atoms with E-state index in [1.807, 2.05) is 54.6 Å². The molecule has 4 rings (SSSR count). The standard InChI is InChI=1S/C27H30N2O6/c1-33-21-10-8-20(9-11-21)29-14-12-28(13-15-29)18-22-16-24(30)26(32)27(35-22)23(17-25(31)34-2)19-6-4-3-5-7-19/h3-11,16,23,32H,12-15,17-18H2,1-2H3. The Balaban J connectivity index is 1.50. The lowest BCUT2D eigenvalue weighted by Gasteiger charge is -2.36. The van der Waals surface area contributed by atoms with Crippen LogP contribution in [0.15, 0.2) is 69.9 Å². The summed E-state index contributed by atoms with van der Waals surface area (Å²) < 4.78 is 16.1. The van der Waals surface area contributed by atoms with E-state index in [0.717, 1.165) is 43.2 Å². The zero-order valence-corrected chi connectivity index (χ0v) is 20.0. The van der Waals surface area contributed by atoms with Crippen LogP contribution in [0.5, 0.6) is 11.5 Å². The van der Waals surface area contributed by atoms with Crippen molar-refractivity contribution in [3.63, 3.8) is 0 Å². The van der Waals surface area contributed by atoms with E-state index >= 15 is 0 Å². The summed E-state index contributed by atoms with van der Waals surface area (Å²) in [6.07, 6.45) is -0.0546. The predicted molar refractivity (Wildman–Crippen MR) is 132 cm³/mol. The molecule has 0 saturated carbocycles. The summed E-state index contributed by atoms with van der Waals surface area (Å²) in [4.78, 5) is 29.2. The van der Waals surface area contributed by atoms with E-state index in [1.165, 1.54) is 13.2 Å². The molecule has 2 heterocycles. The molecule has 0 bridgehead atoms. The molecule has 8 heteroatoms. The minimum atomic E-state index is -0.636. The van der Waals surface area contributed by atoms with Gasteiger partial charge in [0.2, 0.25) is 11.2 Å². The highest BCUT2D eigenvalue weighted by molar-refractivity contribution is 5.71. The highest BCUT2D eigenvalue weighted by Gasteiger charge is 2.27. The fourth-order valence-electron chi connectivity index (χ4n) is 4.34. The van der Waals surface area contributed by atoms with Gasteiger partial charge in [-0.25, -0.2) is 0 Å². The molecule has 1 saturated heterocycles. The molecule has 0 amide bonds. The lowest BCUT2D eigenvalue weighted by molar-refractivity contribution is -0.140. The molecule has 1 fully saturated rings. The molecule has 1 aliphatic heterocycles. The summed E-state index contributed by atoms with van der Waals surface area (Å²) >= 11 is 0. The average molecular weight is 479 g/mol. The topological polar surface area (TPSA) is 92.5 Å². The number of piperazine rings is 1. The van der Waals surface area contributed by atoms with Gasteiger partial charge in [0.1, 0.15) is 11.5 Å². The molecule has 0 aliphatic carbocycles. The zero-order valence-electron chi connectivity index (χ0n) is 20.0. The molecule has 2 aromatic carbocycles. The second kappa shape index (κ2) is 11.1. The first-order chi connectivity index (χ1) is 17.0. The third kappa shape index (κ3) is 5.84. The molecule has 1 unspecified atom stereocenters. The van der Waals surface area contributed by atoms with Crippen LogP contribution in [0.2, 0.25) is 0 Å². The Hall–Kier alpha value is -3.78. The normalized spacial score (nSPS) is 15.0. The number of anilines is 1. The van der Waals surface area contributed by atoms with Crippen molar-refractivity contribution in [1.29, 1.82) is 0 Å². The number of rotatable bonds is 8. The van der Waals surface area contributed by atoms with Crippen molar-refractivity contribution in [2.75, 3.05) is 45.3 Å². The quantitative estimate of drug-likeness (QED) is 0.493. The van der Waals surface area contributed by atoms with Crippen molar-refractivity contribution in [3.8, 4) is 11.5 Å². The molecule has 35 heavy (non-hydrogen) atoms. The van der Waals surface area contributed by atoms with Gasteiger partial charge in [0, 0.05) is 37.9 Å². The van der Waals surface area contributed by atoms with E-state index in [2.05, 4.69) is 9.80 Å². The lowest BCUT2D eigenvalue weighted by Crippen LogP contribution is -2.46. The van der Waals surface area contributed by atoms with E-state index in [4.69, 9.17) is 13.9 Å². The van der Waals surface area contributed by atoms with E-state index in [0.29, 0.717) is 12.3 Å². The summed E-state index contributed by atoms with van der Waals surface area (Å²) in [5.41, 5.74) is 1.36. The number of nitrogens with zero attached hydrogens (tertiary/aromatic N) is 2. The summed E-state index contributed by atoms with van der Waals surface area (Å²) in [5.74, 6) is -0.209. The summed E-state index contributed by atoms with van der Waals surface area (Å²) in [6, 6.07) is 18.5. The smallest absolute Gasteiger partial charge is 0.306 e. The minimum Gasteiger partial charge on any atom is -0.502 e. The molecular formula is C27H30N2O6. The van der Waals surface area contributed by atoms with Crippen molar-refractivity contribution >= 4 is 11.7 Å². The van der Waals surface area contributed by atoms with Gasteiger partial charge in [-0.2, -0.15) is 0 Å². The van der Waals surface area contributed by atoms with Gasteiger partial charge in [-0.3, -0.25) is 14.5 Å². The fraction of sp³-hybridized carbons (Fsp3) is 0.333. The predicted octanol–water partition coefficient (Wildman–Crippen LogP) is 3.37. The molecule has 1 atom stereocenters. The van der Waals surface area contributed by atoms with Crippen molar-refractivity contribution in [3.05, 3.63) is 88.0 Å². The van der Waals surface area contributed by atoms with Crippen LogP contribution in [0.4, 0.5) is 5.69 Å². The number of hydrogen-bond acceptors (Lipinski definition) is 8. The molecule has 1 N–H and O–H groups in total. The zero-order chi connectivity index (χ0) is 24.8. The lowest BCUT2D eigenvalue weighted by atomic mass is 9.92. The Morgan fingerprint density at radius 2 is 1.71 bits per heavy atom. The fourth-order valence-corrected chi connectivity index (χ4v) is 4.34.